The van der Waals surface area contributed by atoms with Gasteiger partial charge in [-0.3, -0.25) is 0 Å². The highest BCUT2D eigenvalue weighted by atomic mass is 16.7. The fourth-order valence-electron chi connectivity index (χ4n) is 0.609. The normalized spacial score (nSPS) is 23.3. The first kappa shape index (κ1) is 6.85. The van der Waals surface area contributed by atoms with Gasteiger partial charge in [-0.1, -0.05) is 5.16 Å². The van der Waals surface area contributed by atoms with Crippen LogP contribution in [0.2, 0.25) is 0 Å². The van der Waals surface area contributed by atoms with E-state index in [4.69, 9.17) is 5.11 Å². The Morgan fingerprint density at radius 2 is 2.70 bits per heavy atom. The second-order valence-corrected chi connectivity index (χ2v) is 1.83. The van der Waals surface area contributed by atoms with Crippen molar-refractivity contribution >= 4 is 11.9 Å². The molecular weight excluding hydrogens is 138 g/mol. The highest BCUT2D eigenvalue weighted by Crippen LogP contribution is 2.10. The van der Waals surface area contributed by atoms with E-state index in [2.05, 4.69) is 14.7 Å². The van der Waals surface area contributed by atoms with E-state index in [0.29, 0.717) is 5.90 Å². The van der Waals surface area contributed by atoms with E-state index in [-0.39, 0.29) is 6.42 Å². The molecule has 0 aliphatic carbocycles. The predicted molar refractivity (Wildman–Crippen MR) is 31.6 cm³/mol. The number of ether oxygens (including phenoxy) is 1. The Balaban J connectivity index is 2.43. The van der Waals surface area contributed by atoms with Crippen LogP contribution in [-0.2, 0) is 14.4 Å². The lowest BCUT2D eigenvalue weighted by Crippen LogP contribution is -2.19. The van der Waals surface area contributed by atoms with Crippen LogP contribution >= 0.6 is 0 Å². The van der Waals surface area contributed by atoms with Crippen molar-refractivity contribution in [2.45, 2.75) is 12.5 Å². The average Bonchev–Trinajstić information content (AvgIpc) is 2.34. The largest absolute Gasteiger partial charge is 0.482 e. The molecule has 0 saturated heterocycles. The molecule has 0 fully saturated rings. The molecule has 0 aromatic carbocycles. The number of carboxylic acid groups (broad SMARTS) is 1. The van der Waals surface area contributed by atoms with Crippen molar-refractivity contribution in [2.75, 3.05) is 7.11 Å². The van der Waals surface area contributed by atoms with Crippen molar-refractivity contribution in [1.82, 2.24) is 0 Å². The molecule has 5 nitrogen and oxygen atoms in total. The minimum atomic E-state index is -1.02. The van der Waals surface area contributed by atoms with Crippen LogP contribution in [0.5, 0.6) is 0 Å². The molecule has 1 rings (SSSR count). The number of methoxy groups -OCH3 is 1. The third-order valence-electron chi connectivity index (χ3n) is 1.15. The molecule has 5 heteroatoms. The molecule has 0 radical (unpaired) electrons. The zero-order valence-electron chi connectivity index (χ0n) is 5.40. The number of rotatable bonds is 1. The van der Waals surface area contributed by atoms with E-state index in [1.54, 1.807) is 0 Å². The molecule has 10 heavy (non-hydrogen) atoms. The minimum absolute atomic E-state index is 0.214. The molecule has 1 heterocycles. The zero-order valence-corrected chi connectivity index (χ0v) is 5.40. The Hall–Kier alpha value is -1.26. The number of carboxylic acids is 1. The number of hydrogen-bond donors (Lipinski definition) is 1. The van der Waals surface area contributed by atoms with Crippen molar-refractivity contribution in [1.29, 1.82) is 0 Å². The summed E-state index contributed by atoms with van der Waals surface area (Å²) in [7, 11) is 1.42. The molecule has 0 aromatic rings. The van der Waals surface area contributed by atoms with Crippen LogP contribution in [0.1, 0.15) is 6.42 Å². The summed E-state index contributed by atoms with van der Waals surface area (Å²) >= 11 is 0. The van der Waals surface area contributed by atoms with E-state index in [1.807, 2.05) is 0 Å². The van der Waals surface area contributed by atoms with Crippen molar-refractivity contribution in [3.63, 3.8) is 0 Å². The highest BCUT2D eigenvalue weighted by Gasteiger charge is 2.27. The van der Waals surface area contributed by atoms with Gasteiger partial charge in [0.05, 0.1) is 13.5 Å². The van der Waals surface area contributed by atoms with Crippen LogP contribution in [0.25, 0.3) is 0 Å². The lowest BCUT2D eigenvalue weighted by atomic mass is 10.3. The number of nitrogens with zero attached hydrogens (tertiary/aromatic N) is 1. The Bertz CT molecular complexity index is 176. The van der Waals surface area contributed by atoms with Gasteiger partial charge < -0.3 is 14.7 Å². The lowest BCUT2D eigenvalue weighted by Gasteiger charge is -1.97. The molecule has 1 aliphatic rings. The summed E-state index contributed by atoms with van der Waals surface area (Å²) in [6.07, 6.45) is -0.652. The predicted octanol–water partition coefficient (Wildman–Crippen LogP) is -0.180. The van der Waals surface area contributed by atoms with Crippen LogP contribution in [0.15, 0.2) is 5.16 Å². The Morgan fingerprint density at radius 3 is 3.00 bits per heavy atom. The van der Waals surface area contributed by atoms with Gasteiger partial charge in [0.1, 0.15) is 0 Å². The quantitative estimate of drug-likeness (QED) is 0.555. The van der Waals surface area contributed by atoms with Crippen molar-refractivity contribution in [2.24, 2.45) is 5.16 Å². The number of carbonyl (C=O) groups is 1. The standard InChI is InChI=1S/C5H7NO4/c1-9-4-2-3(5(7)8)10-6-4/h3H,2H2,1H3,(H,7,8). The Labute approximate surface area is 57.2 Å². The third kappa shape index (κ3) is 1.18. The Morgan fingerprint density at radius 1 is 2.00 bits per heavy atom. The lowest BCUT2D eigenvalue weighted by molar-refractivity contribution is -0.148. The van der Waals surface area contributed by atoms with Crippen molar-refractivity contribution in [3.05, 3.63) is 0 Å². The fraction of sp³-hybridized carbons (Fsp3) is 0.600. The summed E-state index contributed by atoms with van der Waals surface area (Å²) in [6, 6.07) is 0. The van der Waals surface area contributed by atoms with Crippen LogP contribution in [-0.4, -0.2) is 30.2 Å². The fourth-order valence-corrected chi connectivity index (χ4v) is 0.609. The first-order valence-corrected chi connectivity index (χ1v) is 2.73. The summed E-state index contributed by atoms with van der Waals surface area (Å²) in [4.78, 5) is 14.7. The second-order valence-electron chi connectivity index (χ2n) is 1.83. The maximum absolute atomic E-state index is 10.2. The van der Waals surface area contributed by atoms with Crippen LogP contribution < -0.4 is 0 Å². The van der Waals surface area contributed by atoms with Crippen LogP contribution in [0.3, 0.4) is 0 Å². The third-order valence-corrected chi connectivity index (χ3v) is 1.15. The zero-order chi connectivity index (χ0) is 7.56. The summed E-state index contributed by atoms with van der Waals surface area (Å²) < 4.78 is 4.65. The monoisotopic (exact) mass is 145 g/mol. The summed E-state index contributed by atoms with van der Waals surface area (Å²) in [6.45, 7) is 0. The van der Waals surface area contributed by atoms with Crippen molar-refractivity contribution < 1.29 is 19.5 Å². The Kier molecular flexibility index (Phi) is 1.75. The van der Waals surface area contributed by atoms with E-state index in [9.17, 15) is 4.79 Å². The smallest absolute Gasteiger partial charge is 0.348 e. The van der Waals surface area contributed by atoms with E-state index in [1.165, 1.54) is 7.11 Å². The van der Waals surface area contributed by atoms with E-state index < -0.39 is 12.1 Å². The molecule has 1 aliphatic heterocycles. The summed E-state index contributed by atoms with van der Waals surface area (Å²) in [5.41, 5.74) is 0. The maximum Gasteiger partial charge on any atom is 0.348 e. The van der Waals surface area contributed by atoms with Gasteiger partial charge >= 0.3 is 5.97 Å². The van der Waals surface area contributed by atoms with Gasteiger partial charge in [0.2, 0.25) is 12.0 Å². The van der Waals surface area contributed by atoms with Gasteiger partial charge in [-0.05, 0) is 0 Å². The van der Waals surface area contributed by atoms with Crippen molar-refractivity contribution in [3.8, 4) is 0 Å². The van der Waals surface area contributed by atoms with Gasteiger partial charge in [0.15, 0.2) is 0 Å². The molecule has 0 aromatic heterocycles. The number of aliphatic carboxylic acids is 1. The highest BCUT2D eigenvalue weighted by molar-refractivity contribution is 5.85. The molecule has 1 N–H and O–H groups in total. The van der Waals surface area contributed by atoms with E-state index >= 15 is 0 Å². The molecule has 1 atom stereocenters. The van der Waals surface area contributed by atoms with Gasteiger partial charge in [0, 0.05) is 0 Å². The maximum atomic E-state index is 10.2. The molecule has 0 amide bonds. The first-order chi connectivity index (χ1) is 4.74. The second kappa shape index (κ2) is 2.55. The van der Waals surface area contributed by atoms with Gasteiger partial charge in [-0.25, -0.2) is 4.79 Å². The SMILES string of the molecule is COC1=NOC(C(=O)O)C1. The molecule has 56 valence electrons. The topological polar surface area (TPSA) is 68.1 Å². The summed E-state index contributed by atoms with van der Waals surface area (Å²) in [5.74, 6) is -0.691. The average molecular weight is 145 g/mol. The minimum Gasteiger partial charge on any atom is -0.482 e. The summed E-state index contributed by atoms with van der Waals surface area (Å²) in [5, 5.41) is 11.7. The number of oxime groups is 1. The number of hydrogen-bond acceptors (Lipinski definition) is 4. The van der Waals surface area contributed by atoms with Crippen LogP contribution in [0.4, 0.5) is 0 Å². The molecule has 0 saturated carbocycles. The first-order valence-electron chi connectivity index (χ1n) is 2.73. The van der Waals surface area contributed by atoms with E-state index in [0.717, 1.165) is 0 Å². The molecule has 0 bridgehead atoms. The molecule has 0 spiro atoms. The molecular formula is C5H7NO4. The van der Waals surface area contributed by atoms with Gasteiger partial charge in [-0.2, -0.15) is 0 Å². The molecule has 1 unspecified atom stereocenters. The van der Waals surface area contributed by atoms with Gasteiger partial charge in [-0.15, -0.1) is 0 Å². The van der Waals surface area contributed by atoms with Gasteiger partial charge in [0.25, 0.3) is 0 Å². The van der Waals surface area contributed by atoms with Crippen LogP contribution in [0, 0.1) is 0 Å².